The summed E-state index contributed by atoms with van der Waals surface area (Å²) >= 11 is 0. The van der Waals surface area contributed by atoms with Gasteiger partial charge in [0.05, 0.1) is 17.3 Å². The van der Waals surface area contributed by atoms with Crippen molar-refractivity contribution >= 4 is 29.8 Å². The fourth-order valence-electron chi connectivity index (χ4n) is 15.0. The van der Waals surface area contributed by atoms with E-state index in [4.69, 9.17) is 9.47 Å². The fourth-order valence-corrected chi connectivity index (χ4v) is 15.0. The Bertz CT molecular complexity index is 1770. The molecular weight excluding hydrogens is 819 g/mol. The maximum atomic E-state index is 14.6. The molecule has 0 bridgehead atoms. The number of carbonyl (C=O) groups excluding carboxylic acids is 4. The van der Waals surface area contributed by atoms with Crippen molar-refractivity contribution in [2.75, 3.05) is 13.1 Å². The molecule has 11 atom stereocenters. The van der Waals surface area contributed by atoms with Crippen LogP contribution in [0.2, 0.25) is 0 Å². The summed E-state index contributed by atoms with van der Waals surface area (Å²) in [5.74, 6) is 0.658. The minimum absolute atomic E-state index is 0.0675. The molecule has 5 saturated carbocycles. The molecule has 5 rings (SSSR count). The van der Waals surface area contributed by atoms with Gasteiger partial charge >= 0.3 is 18.0 Å². The standard InChI is InChI=1S/C54H91N3O8/c1-34(2)36-23-28-54(45(60)56-32-20-18-16-15-17-19-31-55-44(59)43(35(3)4)57-47(63)65-48(5,6)7)30-29-52(13)37(42(36)54)21-22-39-51(12)26-25-40(64-41(58)33-49(8,9)46(61)62)50(10,11)38(51)24-27-53(39,52)14/h35-40,42-43H,1,15-33H2,2-14H3,(H,55,59)(H,56,60)(H,57,63)(H,61,62)/t36-,37+,38-,39+,40-,42+,43?,51-,52+,53+,54-/m0/s1. The second-order valence-corrected chi connectivity index (χ2v) is 25.1. The molecule has 0 radical (unpaired) electrons. The Kier molecular flexibility index (Phi) is 16.1. The third kappa shape index (κ3) is 10.6. The van der Waals surface area contributed by atoms with Gasteiger partial charge in [-0.3, -0.25) is 19.2 Å². The molecule has 5 aliphatic rings. The molecule has 0 aromatic heterocycles. The highest BCUT2D eigenvalue weighted by Crippen LogP contribution is 2.77. The number of hydrogen-bond donors (Lipinski definition) is 4. The summed E-state index contributed by atoms with van der Waals surface area (Å²) in [4.78, 5) is 64.7. The van der Waals surface area contributed by atoms with Crippen LogP contribution in [0.5, 0.6) is 0 Å². The van der Waals surface area contributed by atoms with Crippen molar-refractivity contribution in [2.24, 2.45) is 68.0 Å². The molecule has 0 aliphatic heterocycles. The van der Waals surface area contributed by atoms with Gasteiger partial charge in [0.1, 0.15) is 17.7 Å². The molecular formula is C54H91N3O8. The summed E-state index contributed by atoms with van der Waals surface area (Å²) in [6, 6.07) is -0.647. The highest BCUT2D eigenvalue weighted by atomic mass is 16.6. The lowest BCUT2D eigenvalue weighted by molar-refractivity contribution is -0.249. The summed E-state index contributed by atoms with van der Waals surface area (Å²) in [6.45, 7) is 32.7. The van der Waals surface area contributed by atoms with Crippen LogP contribution in [0.1, 0.15) is 199 Å². The van der Waals surface area contributed by atoms with Crippen LogP contribution in [0.4, 0.5) is 4.79 Å². The van der Waals surface area contributed by atoms with Crippen molar-refractivity contribution in [3.63, 3.8) is 0 Å². The van der Waals surface area contributed by atoms with Gasteiger partial charge in [-0.05, 0) is 170 Å². The average Bonchev–Trinajstić information content (AvgIpc) is 3.59. The lowest BCUT2D eigenvalue weighted by atomic mass is 9.32. The molecule has 0 heterocycles. The van der Waals surface area contributed by atoms with E-state index in [9.17, 15) is 29.1 Å². The number of carboxylic acid groups (broad SMARTS) is 1. The highest BCUT2D eigenvalue weighted by molar-refractivity contribution is 5.86. The van der Waals surface area contributed by atoms with Gasteiger partial charge in [-0.2, -0.15) is 0 Å². The smallest absolute Gasteiger partial charge is 0.408 e. The van der Waals surface area contributed by atoms with Crippen LogP contribution in [-0.2, 0) is 28.7 Å². The highest BCUT2D eigenvalue weighted by Gasteiger charge is 2.72. The van der Waals surface area contributed by atoms with Gasteiger partial charge in [-0.15, -0.1) is 0 Å². The number of fused-ring (bicyclic) bond motifs is 7. The number of alkyl carbamates (subject to hydrolysis) is 1. The van der Waals surface area contributed by atoms with Crippen molar-refractivity contribution < 1.29 is 38.6 Å². The van der Waals surface area contributed by atoms with E-state index in [1.165, 1.54) is 5.57 Å². The van der Waals surface area contributed by atoms with E-state index in [2.05, 4.69) is 64.1 Å². The molecule has 5 aliphatic carbocycles. The number of allylic oxidation sites excluding steroid dienone is 1. The molecule has 11 heteroatoms. The topological polar surface area (TPSA) is 160 Å². The van der Waals surface area contributed by atoms with Crippen LogP contribution >= 0.6 is 0 Å². The molecule has 370 valence electrons. The van der Waals surface area contributed by atoms with Gasteiger partial charge in [0.2, 0.25) is 11.8 Å². The molecule has 0 saturated heterocycles. The van der Waals surface area contributed by atoms with Gasteiger partial charge in [0.25, 0.3) is 0 Å². The largest absolute Gasteiger partial charge is 0.481 e. The van der Waals surface area contributed by atoms with Gasteiger partial charge in [-0.1, -0.05) is 86.3 Å². The molecule has 0 aromatic carbocycles. The van der Waals surface area contributed by atoms with Crippen LogP contribution in [-0.4, -0.2) is 65.8 Å². The van der Waals surface area contributed by atoms with Crippen LogP contribution in [0.25, 0.3) is 0 Å². The first-order valence-corrected chi connectivity index (χ1v) is 25.7. The lowest BCUT2D eigenvalue weighted by Gasteiger charge is -2.72. The number of carboxylic acids is 1. The number of carbonyl (C=O) groups is 5. The molecule has 0 spiro atoms. The van der Waals surface area contributed by atoms with Crippen molar-refractivity contribution in [3.8, 4) is 0 Å². The van der Waals surface area contributed by atoms with E-state index in [0.29, 0.717) is 42.7 Å². The quantitative estimate of drug-likeness (QED) is 0.0601. The van der Waals surface area contributed by atoms with E-state index in [-0.39, 0.29) is 57.3 Å². The molecule has 4 N–H and O–H groups in total. The van der Waals surface area contributed by atoms with Crippen LogP contribution < -0.4 is 16.0 Å². The second kappa shape index (κ2) is 19.9. The van der Waals surface area contributed by atoms with Gasteiger partial charge in [0, 0.05) is 18.5 Å². The number of hydrogen-bond acceptors (Lipinski definition) is 7. The Labute approximate surface area is 393 Å². The predicted octanol–water partition coefficient (Wildman–Crippen LogP) is 11.2. The van der Waals surface area contributed by atoms with Crippen molar-refractivity contribution in [1.82, 2.24) is 16.0 Å². The Morgan fingerprint density at radius 1 is 0.738 bits per heavy atom. The zero-order chi connectivity index (χ0) is 48.6. The Morgan fingerprint density at radius 2 is 1.35 bits per heavy atom. The second-order valence-electron chi connectivity index (χ2n) is 25.1. The summed E-state index contributed by atoms with van der Waals surface area (Å²) in [5, 5.41) is 18.9. The number of esters is 1. The maximum Gasteiger partial charge on any atom is 0.408 e. The molecule has 1 unspecified atom stereocenters. The molecule has 65 heavy (non-hydrogen) atoms. The number of rotatable bonds is 18. The Balaban J connectivity index is 1.14. The minimum Gasteiger partial charge on any atom is -0.481 e. The van der Waals surface area contributed by atoms with E-state index >= 15 is 0 Å². The van der Waals surface area contributed by atoms with Crippen molar-refractivity contribution in [1.29, 1.82) is 0 Å². The number of aliphatic carboxylic acids is 1. The van der Waals surface area contributed by atoms with E-state index in [1.807, 2.05) is 13.8 Å². The first-order chi connectivity index (χ1) is 30.1. The van der Waals surface area contributed by atoms with Gasteiger partial charge in [0.15, 0.2) is 0 Å². The Morgan fingerprint density at radius 3 is 1.94 bits per heavy atom. The van der Waals surface area contributed by atoms with E-state index in [0.717, 1.165) is 103 Å². The first-order valence-electron chi connectivity index (χ1n) is 25.7. The third-order valence-corrected chi connectivity index (χ3v) is 18.7. The molecule has 3 amide bonds. The molecule has 5 fully saturated rings. The van der Waals surface area contributed by atoms with Gasteiger partial charge < -0.3 is 30.5 Å². The molecule has 0 aromatic rings. The summed E-state index contributed by atoms with van der Waals surface area (Å²) in [5.41, 5.74) is -0.823. The summed E-state index contributed by atoms with van der Waals surface area (Å²) in [6.07, 6.45) is 15.4. The summed E-state index contributed by atoms with van der Waals surface area (Å²) in [7, 11) is 0. The maximum absolute atomic E-state index is 14.6. The van der Waals surface area contributed by atoms with E-state index < -0.39 is 35.1 Å². The number of amides is 3. The van der Waals surface area contributed by atoms with Crippen molar-refractivity contribution in [2.45, 2.75) is 217 Å². The zero-order valence-electron chi connectivity index (χ0n) is 43.1. The van der Waals surface area contributed by atoms with E-state index in [1.54, 1.807) is 34.6 Å². The number of ether oxygens (including phenoxy) is 2. The lowest BCUT2D eigenvalue weighted by Crippen LogP contribution is -2.67. The van der Waals surface area contributed by atoms with Crippen LogP contribution in [0.15, 0.2) is 12.2 Å². The average molecular weight is 910 g/mol. The number of unbranched alkanes of at least 4 members (excludes halogenated alkanes) is 5. The monoisotopic (exact) mass is 910 g/mol. The van der Waals surface area contributed by atoms with Crippen LogP contribution in [0.3, 0.4) is 0 Å². The SMILES string of the molecule is C=C(C)[C@@H]1CC[C@]2(C(=O)NCCCCCCCCNC(=O)C(NC(=O)OC(C)(C)C)C(C)C)CC[C@]3(C)[C@H](CC[C@@H]4[C@@]5(C)CC[C@H](OC(=O)CC(C)(C)C(=O)O)C(C)(C)[C@@H]5CC[C@]43C)[C@@H]12. The summed E-state index contributed by atoms with van der Waals surface area (Å²) < 4.78 is 11.5. The first kappa shape index (κ1) is 52.9. The zero-order valence-corrected chi connectivity index (χ0v) is 43.1. The number of nitrogens with one attached hydrogen (secondary N) is 3. The van der Waals surface area contributed by atoms with Crippen LogP contribution in [0, 0.1) is 68.0 Å². The predicted molar refractivity (Wildman–Crippen MR) is 257 cm³/mol. The molecule has 11 nitrogen and oxygen atoms in total. The third-order valence-electron chi connectivity index (χ3n) is 18.7. The van der Waals surface area contributed by atoms with Crippen molar-refractivity contribution in [3.05, 3.63) is 12.2 Å². The van der Waals surface area contributed by atoms with Gasteiger partial charge in [-0.25, -0.2) is 4.79 Å². The minimum atomic E-state index is -1.16. The fraction of sp³-hybridized carbons (Fsp3) is 0.870. The Hall–Kier alpha value is -3.11. The normalized spacial score (nSPS) is 34.4.